The summed E-state index contributed by atoms with van der Waals surface area (Å²) in [4.78, 5) is 28.8. The lowest BCUT2D eigenvalue weighted by Gasteiger charge is -2.20. The maximum absolute atomic E-state index is 12.6. The molecule has 0 spiro atoms. The van der Waals surface area contributed by atoms with E-state index in [0.29, 0.717) is 24.6 Å². The van der Waals surface area contributed by atoms with Crippen molar-refractivity contribution in [2.45, 2.75) is 13.5 Å². The van der Waals surface area contributed by atoms with Gasteiger partial charge in [-0.05, 0) is 30.7 Å². The fraction of sp³-hybridized carbons (Fsp3) is 0.200. The number of aromatic amines is 1. The Kier molecular flexibility index (Phi) is 5.22. The second-order valence-electron chi connectivity index (χ2n) is 5.92. The molecule has 0 aliphatic rings. The number of para-hydroxylation sites is 3. The maximum atomic E-state index is 12.6. The second-order valence-corrected chi connectivity index (χ2v) is 5.92. The van der Waals surface area contributed by atoms with Crippen LogP contribution in [0, 0.1) is 0 Å². The number of urea groups is 1. The van der Waals surface area contributed by atoms with Gasteiger partial charge in [0.2, 0.25) is 5.56 Å². The lowest BCUT2D eigenvalue weighted by Crippen LogP contribution is -2.31. The van der Waals surface area contributed by atoms with Gasteiger partial charge in [-0.2, -0.15) is 0 Å². The van der Waals surface area contributed by atoms with Crippen molar-refractivity contribution >= 4 is 22.6 Å². The first kappa shape index (κ1) is 17.5. The monoisotopic (exact) mass is 351 g/mol. The van der Waals surface area contributed by atoms with Crippen LogP contribution in [-0.2, 0) is 6.54 Å². The molecule has 0 atom stereocenters. The minimum absolute atomic E-state index is 0.186. The van der Waals surface area contributed by atoms with Gasteiger partial charge in [0, 0.05) is 30.6 Å². The summed E-state index contributed by atoms with van der Waals surface area (Å²) >= 11 is 0. The van der Waals surface area contributed by atoms with Crippen LogP contribution < -0.4 is 15.6 Å². The van der Waals surface area contributed by atoms with Crippen LogP contribution in [0.25, 0.3) is 10.9 Å². The van der Waals surface area contributed by atoms with Crippen LogP contribution in [0.5, 0.6) is 5.75 Å². The van der Waals surface area contributed by atoms with E-state index in [1.165, 1.54) is 11.0 Å². The van der Waals surface area contributed by atoms with Crippen LogP contribution in [0.2, 0.25) is 0 Å². The van der Waals surface area contributed by atoms with Gasteiger partial charge in [-0.25, -0.2) is 4.79 Å². The molecule has 0 saturated heterocycles. The van der Waals surface area contributed by atoms with E-state index in [1.807, 2.05) is 49.4 Å². The standard InChI is InChI=1S/C20H21N3O3/c1-3-26-18-11-7-6-10-17(18)22-20(25)23(2)13-14-12-19(24)21-16-9-5-4-8-15(14)16/h4-12H,3,13H2,1-2H3,(H,21,24)(H,22,25). The molecule has 0 aliphatic heterocycles. The first-order valence-electron chi connectivity index (χ1n) is 8.43. The number of hydrogen-bond acceptors (Lipinski definition) is 3. The van der Waals surface area contributed by atoms with Crippen LogP contribution in [0.1, 0.15) is 12.5 Å². The third-order valence-corrected chi connectivity index (χ3v) is 4.02. The number of carbonyl (C=O) groups is 1. The van der Waals surface area contributed by atoms with E-state index in [-0.39, 0.29) is 11.6 Å². The maximum Gasteiger partial charge on any atom is 0.321 e. The van der Waals surface area contributed by atoms with E-state index in [9.17, 15) is 9.59 Å². The molecule has 1 heterocycles. The highest BCUT2D eigenvalue weighted by Gasteiger charge is 2.14. The van der Waals surface area contributed by atoms with Gasteiger partial charge in [-0.3, -0.25) is 4.79 Å². The van der Waals surface area contributed by atoms with Crippen molar-refractivity contribution in [2.24, 2.45) is 0 Å². The van der Waals surface area contributed by atoms with Crippen LogP contribution >= 0.6 is 0 Å². The fourth-order valence-electron chi connectivity index (χ4n) is 2.80. The predicted octanol–water partition coefficient (Wildman–Crippen LogP) is 3.59. The minimum Gasteiger partial charge on any atom is -0.492 e. The molecule has 6 nitrogen and oxygen atoms in total. The average molecular weight is 351 g/mol. The fourth-order valence-corrected chi connectivity index (χ4v) is 2.80. The van der Waals surface area contributed by atoms with Gasteiger partial charge < -0.3 is 19.9 Å². The van der Waals surface area contributed by atoms with Crippen molar-refractivity contribution in [1.29, 1.82) is 0 Å². The number of aromatic nitrogens is 1. The molecule has 134 valence electrons. The molecule has 0 fully saturated rings. The molecule has 0 unspecified atom stereocenters. The Morgan fingerprint density at radius 2 is 1.88 bits per heavy atom. The van der Waals surface area contributed by atoms with Crippen molar-refractivity contribution in [3.05, 3.63) is 70.5 Å². The number of pyridine rings is 1. The number of rotatable bonds is 5. The molecular formula is C20H21N3O3. The Hall–Kier alpha value is -3.28. The SMILES string of the molecule is CCOc1ccccc1NC(=O)N(C)Cc1cc(=O)[nH]c2ccccc12. The number of amides is 2. The molecular weight excluding hydrogens is 330 g/mol. The number of nitrogens with zero attached hydrogens (tertiary/aromatic N) is 1. The van der Waals surface area contributed by atoms with Crippen molar-refractivity contribution in [1.82, 2.24) is 9.88 Å². The van der Waals surface area contributed by atoms with E-state index in [4.69, 9.17) is 4.74 Å². The van der Waals surface area contributed by atoms with Gasteiger partial charge >= 0.3 is 6.03 Å². The van der Waals surface area contributed by atoms with E-state index in [0.717, 1.165) is 16.5 Å². The molecule has 3 aromatic rings. The van der Waals surface area contributed by atoms with Crippen LogP contribution in [0.4, 0.5) is 10.5 Å². The molecule has 0 saturated carbocycles. The zero-order valence-electron chi connectivity index (χ0n) is 14.8. The summed E-state index contributed by atoms with van der Waals surface area (Å²) in [5.74, 6) is 0.623. The lowest BCUT2D eigenvalue weighted by molar-refractivity contribution is 0.220. The van der Waals surface area contributed by atoms with Gasteiger partial charge in [0.15, 0.2) is 0 Å². The van der Waals surface area contributed by atoms with E-state index >= 15 is 0 Å². The summed E-state index contributed by atoms with van der Waals surface area (Å²) in [5.41, 5.74) is 1.97. The summed E-state index contributed by atoms with van der Waals surface area (Å²) in [6.07, 6.45) is 0. The Labute approximate surface area is 151 Å². The number of ether oxygens (including phenoxy) is 1. The average Bonchev–Trinajstić information content (AvgIpc) is 2.63. The third kappa shape index (κ3) is 3.85. The molecule has 2 N–H and O–H groups in total. The summed E-state index contributed by atoms with van der Waals surface area (Å²) in [6.45, 7) is 2.72. The second kappa shape index (κ2) is 7.74. The van der Waals surface area contributed by atoms with Crippen molar-refractivity contribution in [3.63, 3.8) is 0 Å². The van der Waals surface area contributed by atoms with Gasteiger partial charge in [-0.15, -0.1) is 0 Å². The molecule has 0 bridgehead atoms. The Morgan fingerprint density at radius 1 is 1.15 bits per heavy atom. The molecule has 0 aliphatic carbocycles. The van der Waals surface area contributed by atoms with Gasteiger partial charge in [-0.1, -0.05) is 30.3 Å². The zero-order valence-corrected chi connectivity index (χ0v) is 14.8. The zero-order chi connectivity index (χ0) is 18.5. The van der Waals surface area contributed by atoms with Crippen LogP contribution in [0.15, 0.2) is 59.4 Å². The van der Waals surface area contributed by atoms with Gasteiger partial charge in [0.05, 0.1) is 12.3 Å². The van der Waals surface area contributed by atoms with E-state index in [1.54, 1.807) is 13.1 Å². The molecule has 3 rings (SSSR count). The normalized spacial score (nSPS) is 10.5. The van der Waals surface area contributed by atoms with E-state index in [2.05, 4.69) is 10.3 Å². The van der Waals surface area contributed by atoms with Crippen molar-refractivity contribution < 1.29 is 9.53 Å². The Morgan fingerprint density at radius 3 is 2.69 bits per heavy atom. The molecule has 1 aromatic heterocycles. The Bertz CT molecular complexity index is 981. The predicted molar refractivity (Wildman–Crippen MR) is 103 cm³/mol. The number of benzene rings is 2. The number of H-pyrrole nitrogens is 1. The first-order valence-corrected chi connectivity index (χ1v) is 8.43. The molecule has 0 radical (unpaired) electrons. The van der Waals surface area contributed by atoms with Gasteiger partial charge in [0.25, 0.3) is 0 Å². The number of nitrogens with one attached hydrogen (secondary N) is 2. The number of fused-ring (bicyclic) bond motifs is 1. The molecule has 26 heavy (non-hydrogen) atoms. The van der Waals surface area contributed by atoms with Crippen molar-refractivity contribution in [2.75, 3.05) is 19.0 Å². The number of hydrogen-bond donors (Lipinski definition) is 2. The highest BCUT2D eigenvalue weighted by atomic mass is 16.5. The topological polar surface area (TPSA) is 74.4 Å². The van der Waals surface area contributed by atoms with Gasteiger partial charge in [0.1, 0.15) is 5.75 Å². The molecule has 2 aromatic carbocycles. The molecule has 6 heteroatoms. The summed E-state index contributed by atoms with van der Waals surface area (Å²) in [5, 5.41) is 3.77. The summed E-state index contributed by atoms with van der Waals surface area (Å²) in [7, 11) is 1.69. The van der Waals surface area contributed by atoms with E-state index < -0.39 is 0 Å². The lowest BCUT2D eigenvalue weighted by atomic mass is 10.1. The highest BCUT2D eigenvalue weighted by molar-refractivity contribution is 5.91. The van der Waals surface area contributed by atoms with Crippen LogP contribution in [-0.4, -0.2) is 29.6 Å². The highest BCUT2D eigenvalue weighted by Crippen LogP contribution is 2.24. The first-order chi connectivity index (χ1) is 12.6. The summed E-state index contributed by atoms with van der Waals surface area (Å²) in [6, 6.07) is 16.1. The molecule has 2 amide bonds. The summed E-state index contributed by atoms with van der Waals surface area (Å²) < 4.78 is 5.53. The largest absolute Gasteiger partial charge is 0.492 e. The third-order valence-electron chi connectivity index (χ3n) is 4.02. The quantitative estimate of drug-likeness (QED) is 0.738. The van der Waals surface area contributed by atoms with Crippen molar-refractivity contribution in [3.8, 4) is 5.75 Å². The smallest absolute Gasteiger partial charge is 0.321 e. The minimum atomic E-state index is -0.276. The number of carbonyl (C=O) groups excluding carboxylic acids is 1. The van der Waals surface area contributed by atoms with Crippen LogP contribution in [0.3, 0.4) is 0 Å². The Balaban J connectivity index is 1.79. The number of anilines is 1.